The van der Waals surface area contributed by atoms with E-state index in [1.54, 1.807) is 12.1 Å². The van der Waals surface area contributed by atoms with Gasteiger partial charge in [0.25, 0.3) is 17.7 Å². The third-order valence-corrected chi connectivity index (χ3v) is 4.94. The fraction of sp³-hybridized carbons (Fsp3) is 0.364. The molecule has 0 aliphatic carbocycles. The van der Waals surface area contributed by atoms with Crippen LogP contribution in [0.3, 0.4) is 0 Å². The molecule has 0 bridgehead atoms. The van der Waals surface area contributed by atoms with Crippen LogP contribution in [0.15, 0.2) is 45.4 Å². The van der Waals surface area contributed by atoms with Crippen molar-refractivity contribution in [3.63, 3.8) is 0 Å². The van der Waals surface area contributed by atoms with Crippen LogP contribution in [0.1, 0.15) is 30.4 Å². The highest BCUT2D eigenvalue weighted by Gasteiger charge is 2.19. The molecule has 1 unspecified atom stereocenters. The lowest BCUT2D eigenvalue weighted by Gasteiger charge is -2.16. The third-order valence-electron chi connectivity index (χ3n) is 4.94. The zero-order valence-corrected chi connectivity index (χ0v) is 18.0. The van der Waals surface area contributed by atoms with E-state index in [1.165, 1.54) is 6.26 Å². The van der Waals surface area contributed by atoms with Gasteiger partial charge in [-0.3, -0.25) is 9.59 Å². The molecule has 2 aromatic heterocycles. The van der Waals surface area contributed by atoms with Crippen LogP contribution in [0.25, 0.3) is 11.7 Å². The number of carbonyl (C=O) groups is 2. The highest BCUT2D eigenvalue weighted by molar-refractivity contribution is 5.95. The molecule has 0 aliphatic heterocycles. The van der Waals surface area contributed by atoms with Crippen molar-refractivity contribution in [1.82, 2.24) is 15.5 Å². The maximum Gasteiger partial charge on any atom is 0.283 e. The SMILES string of the molecule is CCC[NH+](CC(=O)NCC(=O)Nc1cccc(C)c1C)Cc1nnc(-c2ccco2)o1. The Kier molecular flexibility index (Phi) is 7.55. The molecule has 0 spiro atoms. The summed E-state index contributed by atoms with van der Waals surface area (Å²) in [6.45, 7) is 7.24. The van der Waals surface area contributed by atoms with Gasteiger partial charge in [0.2, 0.25) is 5.91 Å². The highest BCUT2D eigenvalue weighted by atomic mass is 16.4. The topological polar surface area (TPSA) is 115 Å². The normalized spacial score (nSPS) is 11.8. The molecule has 1 aromatic carbocycles. The second kappa shape index (κ2) is 10.5. The number of carbonyl (C=O) groups excluding carboxylic acids is 2. The largest absolute Gasteiger partial charge is 0.459 e. The minimum Gasteiger partial charge on any atom is -0.459 e. The van der Waals surface area contributed by atoms with Crippen LogP contribution in [0.5, 0.6) is 0 Å². The average molecular weight is 426 g/mol. The van der Waals surface area contributed by atoms with Crippen LogP contribution in [0.2, 0.25) is 0 Å². The van der Waals surface area contributed by atoms with Crippen molar-refractivity contribution < 1.29 is 23.3 Å². The zero-order chi connectivity index (χ0) is 22.2. The molecule has 1 atom stereocenters. The number of hydrogen-bond donors (Lipinski definition) is 3. The maximum absolute atomic E-state index is 12.4. The van der Waals surface area contributed by atoms with Gasteiger partial charge in [0.15, 0.2) is 18.8 Å². The molecule has 0 saturated carbocycles. The molecule has 9 heteroatoms. The van der Waals surface area contributed by atoms with E-state index in [2.05, 4.69) is 20.8 Å². The van der Waals surface area contributed by atoms with E-state index in [1.807, 2.05) is 39.0 Å². The predicted octanol–water partition coefficient (Wildman–Crippen LogP) is 1.50. The van der Waals surface area contributed by atoms with Gasteiger partial charge in [-0.1, -0.05) is 19.1 Å². The summed E-state index contributed by atoms with van der Waals surface area (Å²) < 4.78 is 10.9. The molecule has 31 heavy (non-hydrogen) atoms. The van der Waals surface area contributed by atoms with Crippen molar-refractivity contribution in [3.05, 3.63) is 53.6 Å². The maximum atomic E-state index is 12.4. The van der Waals surface area contributed by atoms with Gasteiger partial charge in [0.05, 0.1) is 19.4 Å². The van der Waals surface area contributed by atoms with Gasteiger partial charge in [-0.05, 0) is 49.6 Å². The summed E-state index contributed by atoms with van der Waals surface area (Å²) in [5.41, 5.74) is 2.85. The first-order valence-electron chi connectivity index (χ1n) is 10.3. The van der Waals surface area contributed by atoms with E-state index in [4.69, 9.17) is 8.83 Å². The van der Waals surface area contributed by atoms with Gasteiger partial charge >= 0.3 is 0 Å². The Morgan fingerprint density at radius 3 is 2.68 bits per heavy atom. The summed E-state index contributed by atoms with van der Waals surface area (Å²) in [7, 11) is 0. The molecule has 0 saturated heterocycles. The summed E-state index contributed by atoms with van der Waals surface area (Å²) in [5.74, 6) is 0.756. The third kappa shape index (κ3) is 6.26. The van der Waals surface area contributed by atoms with E-state index < -0.39 is 0 Å². The van der Waals surface area contributed by atoms with Crippen molar-refractivity contribution in [2.45, 2.75) is 33.7 Å². The van der Waals surface area contributed by atoms with Crippen molar-refractivity contribution in [2.24, 2.45) is 0 Å². The number of benzene rings is 1. The minimum absolute atomic E-state index is 0.0885. The van der Waals surface area contributed by atoms with Crippen molar-refractivity contribution >= 4 is 17.5 Å². The monoisotopic (exact) mass is 426 g/mol. The second-order valence-electron chi connectivity index (χ2n) is 7.40. The standard InChI is InChI=1S/C22H27N5O4/c1-4-10-27(14-21-25-26-22(31-21)18-9-6-11-30-18)13-20(29)23-12-19(28)24-17-8-5-7-15(2)16(17)3/h5-9,11H,4,10,12-14H2,1-3H3,(H,23,29)(H,24,28)/p+1. The summed E-state index contributed by atoms with van der Waals surface area (Å²) in [6, 6.07) is 9.20. The first-order valence-corrected chi connectivity index (χ1v) is 10.3. The Hall–Kier alpha value is -3.46. The first kappa shape index (κ1) is 22.2. The number of hydrogen-bond acceptors (Lipinski definition) is 6. The molecular weight excluding hydrogens is 398 g/mol. The number of quaternary nitrogens is 1. The number of anilines is 1. The molecule has 0 radical (unpaired) electrons. The Bertz CT molecular complexity index is 1010. The Morgan fingerprint density at radius 2 is 1.94 bits per heavy atom. The molecule has 3 aromatic rings. The number of aryl methyl sites for hydroxylation is 1. The van der Waals surface area contributed by atoms with E-state index in [-0.39, 0.29) is 24.9 Å². The van der Waals surface area contributed by atoms with Crippen LogP contribution < -0.4 is 15.5 Å². The molecule has 2 heterocycles. The van der Waals surface area contributed by atoms with Gasteiger partial charge < -0.3 is 24.4 Å². The zero-order valence-electron chi connectivity index (χ0n) is 18.0. The molecule has 0 aliphatic rings. The van der Waals surface area contributed by atoms with E-state index in [0.29, 0.717) is 24.1 Å². The second-order valence-corrected chi connectivity index (χ2v) is 7.40. The lowest BCUT2D eigenvalue weighted by atomic mass is 10.1. The molecule has 9 nitrogen and oxygen atoms in total. The molecule has 3 N–H and O–H groups in total. The van der Waals surface area contributed by atoms with Gasteiger partial charge in [0.1, 0.15) is 0 Å². The molecular formula is C22H28N5O4+. The lowest BCUT2D eigenvalue weighted by molar-refractivity contribution is -0.907. The summed E-state index contributed by atoms with van der Waals surface area (Å²) in [6.07, 6.45) is 2.42. The number of nitrogens with one attached hydrogen (secondary N) is 3. The summed E-state index contributed by atoms with van der Waals surface area (Å²) >= 11 is 0. The number of aromatic nitrogens is 2. The molecule has 2 amide bonds. The molecule has 3 rings (SSSR count). The van der Waals surface area contributed by atoms with Crippen molar-refractivity contribution in [1.29, 1.82) is 0 Å². The number of amides is 2. The molecule has 0 fully saturated rings. The lowest BCUT2D eigenvalue weighted by Crippen LogP contribution is -3.12. The number of furan rings is 1. The van der Waals surface area contributed by atoms with Crippen molar-refractivity contribution in [3.8, 4) is 11.7 Å². The smallest absolute Gasteiger partial charge is 0.283 e. The minimum atomic E-state index is -0.265. The van der Waals surface area contributed by atoms with Gasteiger partial charge in [-0.2, -0.15) is 0 Å². The Balaban J connectivity index is 1.50. The summed E-state index contributed by atoms with van der Waals surface area (Å²) in [5, 5.41) is 13.6. The summed E-state index contributed by atoms with van der Waals surface area (Å²) in [4.78, 5) is 25.6. The predicted molar refractivity (Wildman–Crippen MR) is 114 cm³/mol. The van der Waals surface area contributed by atoms with Crippen LogP contribution >= 0.6 is 0 Å². The van der Waals surface area contributed by atoms with Crippen LogP contribution in [0, 0.1) is 13.8 Å². The van der Waals surface area contributed by atoms with Gasteiger partial charge in [0, 0.05) is 5.69 Å². The fourth-order valence-corrected chi connectivity index (χ4v) is 3.18. The first-order chi connectivity index (χ1) is 15.0. The van der Waals surface area contributed by atoms with E-state index in [9.17, 15) is 9.59 Å². The number of nitrogens with zero attached hydrogens (tertiary/aromatic N) is 2. The fourth-order valence-electron chi connectivity index (χ4n) is 3.18. The Morgan fingerprint density at radius 1 is 1.10 bits per heavy atom. The van der Waals surface area contributed by atoms with Gasteiger partial charge in [-0.15, -0.1) is 10.2 Å². The van der Waals surface area contributed by atoms with Crippen LogP contribution in [-0.4, -0.2) is 41.6 Å². The average Bonchev–Trinajstić information content (AvgIpc) is 3.42. The van der Waals surface area contributed by atoms with Crippen LogP contribution in [-0.2, 0) is 16.1 Å². The van der Waals surface area contributed by atoms with Crippen molar-refractivity contribution in [2.75, 3.05) is 25.0 Å². The van der Waals surface area contributed by atoms with Crippen LogP contribution in [0.4, 0.5) is 5.69 Å². The highest BCUT2D eigenvalue weighted by Crippen LogP contribution is 2.18. The van der Waals surface area contributed by atoms with E-state index >= 15 is 0 Å². The quantitative estimate of drug-likeness (QED) is 0.453. The Labute approximate surface area is 180 Å². The van der Waals surface area contributed by atoms with Gasteiger partial charge in [-0.25, -0.2) is 0 Å². The van der Waals surface area contributed by atoms with E-state index in [0.717, 1.165) is 34.7 Å². The molecule has 164 valence electrons. The number of rotatable bonds is 10.